The largest absolute Gasteiger partial charge is 0.493 e. The van der Waals surface area contributed by atoms with Gasteiger partial charge in [0.2, 0.25) is 11.8 Å². The van der Waals surface area contributed by atoms with E-state index >= 15 is 0 Å². The second-order valence-corrected chi connectivity index (χ2v) is 8.37. The van der Waals surface area contributed by atoms with E-state index in [0.717, 1.165) is 16.8 Å². The molecule has 0 bridgehead atoms. The van der Waals surface area contributed by atoms with Crippen LogP contribution >= 0.6 is 11.8 Å². The maximum atomic E-state index is 13.1. The number of hydrogen-bond donors (Lipinski definition) is 1. The number of benzene rings is 2. The molecule has 3 rings (SSSR count). The van der Waals surface area contributed by atoms with Gasteiger partial charge >= 0.3 is 0 Å². The molecular weight excluding hydrogens is 388 g/mol. The molecule has 2 aromatic carbocycles. The van der Waals surface area contributed by atoms with E-state index < -0.39 is 5.54 Å². The fourth-order valence-electron chi connectivity index (χ4n) is 3.39. The zero-order valence-electron chi connectivity index (χ0n) is 17.4. The summed E-state index contributed by atoms with van der Waals surface area (Å²) in [7, 11) is 3.22. The normalized spacial score (nSPS) is 14.8. The molecule has 0 saturated heterocycles. The van der Waals surface area contributed by atoms with Crippen molar-refractivity contribution in [3.8, 4) is 11.5 Å². The van der Waals surface area contributed by atoms with Crippen molar-refractivity contribution in [1.82, 2.24) is 0 Å². The fourth-order valence-corrected chi connectivity index (χ4v) is 4.33. The summed E-state index contributed by atoms with van der Waals surface area (Å²) in [6.45, 7) is 5.53. The van der Waals surface area contributed by atoms with Crippen LogP contribution < -0.4 is 19.7 Å². The van der Waals surface area contributed by atoms with Crippen molar-refractivity contribution in [2.24, 2.45) is 0 Å². The average Bonchev–Trinajstić information content (AvgIpc) is 2.69. The summed E-state index contributed by atoms with van der Waals surface area (Å²) in [5, 5.41) is 2.88. The van der Waals surface area contributed by atoms with E-state index in [9.17, 15) is 9.59 Å². The lowest BCUT2D eigenvalue weighted by atomic mass is 9.96. The minimum atomic E-state index is -0.953. The summed E-state index contributed by atoms with van der Waals surface area (Å²) >= 11 is 1.51. The van der Waals surface area contributed by atoms with Gasteiger partial charge in [-0.1, -0.05) is 12.1 Å². The van der Waals surface area contributed by atoms with Crippen molar-refractivity contribution >= 4 is 35.0 Å². The molecule has 0 aromatic heterocycles. The Hall–Kier alpha value is -2.67. The maximum absolute atomic E-state index is 13.1. The molecule has 0 fully saturated rings. The molecule has 0 spiro atoms. The quantitative estimate of drug-likeness (QED) is 0.774. The Morgan fingerprint density at radius 1 is 1.14 bits per heavy atom. The first-order valence-electron chi connectivity index (χ1n) is 9.32. The van der Waals surface area contributed by atoms with Crippen molar-refractivity contribution in [1.29, 1.82) is 0 Å². The van der Waals surface area contributed by atoms with E-state index in [1.807, 2.05) is 43.3 Å². The molecule has 7 heteroatoms. The minimum Gasteiger partial charge on any atom is -0.493 e. The number of ether oxygens (including phenoxy) is 2. The molecule has 2 amide bonds. The standard InChI is InChI=1S/C22H26N2O4S/c1-14-10-18(27-4)19(28-5)11-15(14)12-29-13-20(25)24-17-9-7-6-8-16(17)23-21(26)22(24,2)3/h6-11H,12-13H2,1-5H3,(H,23,26). The predicted molar refractivity (Wildman–Crippen MR) is 117 cm³/mol. The Morgan fingerprint density at radius 2 is 1.79 bits per heavy atom. The molecule has 0 atom stereocenters. The van der Waals surface area contributed by atoms with Crippen molar-refractivity contribution in [2.45, 2.75) is 32.1 Å². The van der Waals surface area contributed by atoms with Crippen molar-refractivity contribution in [3.63, 3.8) is 0 Å². The van der Waals surface area contributed by atoms with Crippen LogP contribution in [0.2, 0.25) is 0 Å². The number of carbonyl (C=O) groups excluding carboxylic acids is 2. The van der Waals surface area contributed by atoms with Gasteiger partial charge in [-0.2, -0.15) is 0 Å². The van der Waals surface area contributed by atoms with E-state index in [0.29, 0.717) is 22.9 Å². The Labute approximate surface area is 175 Å². The summed E-state index contributed by atoms with van der Waals surface area (Å²) in [6, 6.07) is 11.3. The van der Waals surface area contributed by atoms with Crippen LogP contribution in [0.1, 0.15) is 25.0 Å². The molecule has 1 heterocycles. The zero-order valence-corrected chi connectivity index (χ0v) is 18.2. The lowest BCUT2D eigenvalue weighted by Gasteiger charge is -2.42. The monoisotopic (exact) mass is 414 g/mol. The van der Waals surface area contributed by atoms with Crippen LogP contribution in [0.4, 0.5) is 11.4 Å². The number of anilines is 2. The maximum Gasteiger partial charge on any atom is 0.250 e. The first-order valence-corrected chi connectivity index (χ1v) is 10.5. The molecular formula is C22H26N2O4S. The van der Waals surface area contributed by atoms with Gasteiger partial charge in [0.05, 0.1) is 31.3 Å². The third kappa shape index (κ3) is 4.05. The number of aryl methyl sites for hydroxylation is 1. The van der Waals surface area contributed by atoms with Crippen LogP contribution in [-0.4, -0.2) is 37.3 Å². The first-order chi connectivity index (χ1) is 13.8. The number of thioether (sulfide) groups is 1. The molecule has 0 unspecified atom stereocenters. The topological polar surface area (TPSA) is 67.9 Å². The predicted octanol–water partition coefficient (Wildman–Crippen LogP) is 4.01. The van der Waals surface area contributed by atoms with Gasteiger partial charge in [0, 0.05) is 5.75 Å². The molecule has 154 valence electrons. The lowest BCUT2D eigenvalue weighted by molar-refractivity contribution is -0.125. The highest BCUT2D eigenvalue weighted by atomic mass is 32.2. The number of nitrogens with one attached hydrogen (secondary N) is 1. The summed E-state index contributed by atoms with van der Waals surface area (Å²) < 4.78 is 10.7. The van der Waals surface area contributed by atoms with E-state index in [2.05, 4.69) is 5.32 Å². The van der Waals surface area contributed by atoms with E-state index in [1.165, 1.54) is 11.8 Å². The van der Waals surface area contributed by atoms with Crippen LogP contribution in [0.3, 0.4) is 0 Å². The number of fused-ring (bicyclic) bond motifs is 1. The molecule has 2 aromatic rings. The van der Waals surface area contributed by atoms with Gasteiger partial charge in [0.25, 0.3) is 0 Å². The second kappa shape index (κ2) is 8.37. The summed E-state index contributed by atoms with van der Waals surface area (Å²) in [5.41, 5.74) is 2.59. The Kier molecular flexibility index (Phi) is 6.07. The van der Waals surface area contributed by atoms with E-state index in [1.54, 1.807) is 33.0 Å². The number of amides is 2. The third-order valence-electron chi connectivity index (χ3n) is 5.08. The first kappa shape index (κ1) is 21.0. The molecule has 0 saturated carbocycles. The smallest absolute Gasteiger partial charge is 0.250 e. The number of carbonyl (C=O) groups is 2. The molecule has 6 nitrogen and oxygen atoms in total. The summed E-state index contributed by atoms with van der Waals surface area (Å²) in [5.74, 6) is 1.99. The van der Waals surface area contributed by atoms with Gasteiger partial charge < -0.3 is 14.8 Å². The van der Waals surface area contributed by atoms with Crippen molar-refractivity contribution in [2.75, 3.05) is 30.2 Å². The molecule has 1 aliphatic heterocycles. The average molecular weight is 415 g/mol. The third-order valence-corrected chi connectivity index (χ3v) is 6.05. The van der Waals surface area contributed by atoms with Crippen LogP contribution in [0.25, 0.3) is 0 Å². The summed E-state index contributed by atoms with van der Waals surface area (Å²) in [6.07, 6.45) is 0. The van der Waals surface area contributed by atoms with Crippen LogP contribution in [0, 0.1) is 6.92 Å². The van der Waals surface area contributed by atoms with Crippen LogP contribution in [0.5, 0.6) is 11.5 Å². The van der Waals surface area contributed by atoms with Gasteiger partial charge in [-0.25, -0.2) is 0 Å². The highest BCUT2D eigenvalue weighted by molar-refractivity contribution is 7.99. The fraction of sp³-hybridized carbons (Fsp3) is 0.364. The van der Waals surface area contributed by atoms with Crippen molar-refractivity contribution in [3.05, 3.63) is 47.5 Å². The molecule has 0 aliphatic carbocycles. The molecule has 1 aliphatic rings. The van der Waals surface area contributed by atoms with E-state index in [-0.39, 0.29) is 17.6 Å². The van der Waals surface area contributed by atoms with Gasteiger partial charge in [-0.3, -0.25) is 14.5 Å². The molecule has 1 N–H and O–H groups in total. The Bertz CT molecular complexity index is 942. The number of para-hydroxylation sites is 2. The Morgan fingerprint density at radius 3 is 2.48 bits per heavy atom. The highest BCUT2D eigenvalue weighted by Crippen LogP contribution is 2.37. The van der Waals surface area contributed by atoms with Crippen LogP contribution in [0.15, 0.2) is 36.4 Å². The SMILES string of the molecule is COc1cc(C)c(CSCC(=O)N2c3ccccc3NC(=O)C2(C)C)cc1OC. The van der Waals surface area contributed by atoms with Crippen molar-refractivity contribution < 1.29 is 19.1 Å². The van der Waals surface area contributed by atoms with Gasteiger partial charge in [0.15, 0.2) is 11.5 Å². The second-order valence-electron chi connectivity index (χ2n) is 7.39. The number of methoxy groups -OCH3 is 2. The number of hydrogen-bond acceptors (Lipinski definition) is 5. The molecule has 29 heavy (non-hydrogen) atoms. The van der Waals surface area contributed by atoms with Gasteiger partial charge in [-0.15, -0.1) is 11.8 Å². The minimum absolute atomic E-state index is 0.0968. The van der Waals surface area contributed by atoms with Gasteiger partial charge in [0.1, 0.15) is 5.54 Å². The molecule has 0 radical (unpaired) electrons. The highest BCUT2D eigenvalue weighted by Gasteiger charge is 2.43. The number of rotatable bonds is 6. The zero-order chi connectivity index (χ0) is 21.2. The van der Waals surface area contributed by atoms with Crippen LogP contribution in [-0.2, 0) is 15.3 Å². The summed E-state index contributed by atoms with van der Waals surface area (Å²) in [4.78, 5) is 27.2. The van der Waals surface area contributed by atoms with Gasteiger partial charge in [-0.05, 0) is 56.2 Å². The van der Waals surface area contributed by atoms with E-state index in [4.69, 9.17) is 9.47 Å². The lowest BCUT2D eigenvalue weighted by Crippen LogP contribution is -2.58. The number of nitrogens with zero attached hydrogens (tertiary/aromatic N) is 1. The Balaban J connectivity index is 1.75.